The molecule has 0 spiro atoms. The molecule has 2 fully saturated rings. The Kier molecular flexibility index (Phi) is 4.31. The number of nitrogens with zero attached hydrogens (tertiary/aromatic N) is 1. The molecule has 1 aliphatic heterocycles. The molecule has 0 aromatic rings. The molecule has 5 heteroatoms. The Hall–Kier alpha value is -0.710. The van der Waals surface area contributed by atoms with Crippen LogP contribution in [0.3, 0.4) is 0 Å². The summed E-state index contributed by atoms with van der Waals surface area (Å²) < 4.78 is 0. The second kappa shape index (κ2) is 5.76. The fraction of sp³-hybridized carbons (Fsp3) is 0.833. The molecule has 1 amide bonds. The maximum Gasteiger partial charge on any atom is 0.305 e. The van der Waals surface area contributed by atoms with Crippen LogP contribution in [0, 0.1) is 5.92 Å². The largest absolute Gasteiger partial charge is 0.481 e. The van der Waals surface area contributed by atoms with Crippen molar-refractivity contribution < 1.29 is 14.7 Å². The van der Waals surface area contributed by atoms with Crippen LogP contribution in [0.4, 0.5) is 0 Å². The zero-order chi connectivity index (χ0) is 12.3. The number of carbonyl (C=O) groups is 2. The lowest BCUT2D eigenvalue weighted by Gasteiger charge is -2.36. The zero-order valence-electron chi connectivity index (χ0n) is 9.93. The van der Waals surface area contributed by atoms with Crippen LogP contribution in [-0.4, -0.2) is 46.0 Å². The predicted octanol–water partition coefficient (Wildman–Crippen LogP) is 1.60. The molecule has 0 radical (unpaired) electrons. The molecule has 1 aliphatic carbocycles. The van der Waals surface area contributed by atoms with E-state index in [1.54, 1.807) is 11.8 Å². The first-order valence-corrected chi connectivity index (χ1v) is 7.41. The molecule has 0 aromatic heterocycles. The molecule has 1 saturated carbocycles. The van der Waals surface area contributed by atoms with Crippen molar-refractivity contribution in [2.45, 2.75) is 38.1 Å². The summed E-state index contributed by atoms with van der Waals surface area (Å²) in [5.74, 6) is 1.62. The molecule has 1 unspecified atom stereocenters. The lowest BCUT2D eigenvalue weighted by molar-refractivity contribution is -0.140. The Morgan fingerprint density at radius 2 is 2.06 bits per heavy atom. The van der Waals surface area contributed by atoms with Crippen molar-refractivity contribution in [3.05, 3.63) is 0 Å². The van der Waals surface area contributed by atoms with E-state index in [1.807, 2.05) is 4.90 Å². The van der Waals surface area contributed by atoms with Crippen molar-refractivity contribution in [1.82, 2.24) is 4.90 Å². The van der Waals surface area contributed by atoms with E-state index in [-0.39, 0.29) is 18.4 Å². The van der Waals surface area contributed by atoms with Crippen LogP contribution in [0.5, 0.6) is 0 Å². The molecule has 96 valence electrons. The van der Waals surface area contributed by atoms with Crippen LogP contribution in [0.25, 0.3) is 0 Å². The molecule has 1 N–H and O–H groups in total. The maximum atomic E-state index is 12.1. The minimum Gasteiger partial charge on any atom is -0.481 e. The van der Waals surface area contributed by atoms with E-state index in [9.17, 15) is 9.59 Å². The Morgan fingerprint density at radius 3 is 2.65 bits per heavy atom. The highest BCUT2D eigenvalue weighted by atomic mass is 32.2. The van der Waals surface area contributed by atoms with Gasteiger partial charge in [0, 0.05) is 24.5 Å². The first-order chi connectivity index (χ1) is 8.16. The normalized spacial score (nSPS) is 25.4. The standard InChI is InChI=1S/C12H19NO3S/c14-11(6-9-2-1-3-9)13-4-5-17-8-10(13)7-12(15)16/h9-10H,1-8H2,(H,15,16). The van der Waals surface area contributed by atoms with Gasteiger partial charge in [-0.05, 0) is 18.8 Å². The van der Waals surface area contributed by atoms with Gasteiger partial charge in [-0.1, -0.05) is 6.42 Å². The zero-order valence-corrected chi connectivity index (χ0v) is 10.7. The number of rotatable bonds is 4. The van der Waals surface area contributed by atoms with Gasteiger partial charge in [0.1, 0.15) is 0 Å². The van der Waals surface area contributed by atoms with Crippen LogP contribution in [-0.2, 0) is 9.59 Å². The molecule has 0 aromatic carbocycles. The molecule has 17 heavy (non-hydrogen) atoms. The topological polar surface area (TPSA) is 57.6 Å². The summed E-state index contributed by atoms with van der Waals surface area (Å²) in [6.45, 7) is 0.716. The number of hydrogen-bond donors (Lipinski definition) is 1. The number of thioether (sulfide) groups is 1. The van der Waals surface area contributed by atoms with E-state index in [4.69, 9.17) is 5.11 Å². The molecule has 2 aliphatic rings. The summed E-state index contributed by atoms with van der Waals surface area (Å²) in [7, 11) is 0. The van der Waals surface area contributed by atoms with Gasteiger partial charge in [0.25, 0.3) is 0 Å². The van der Waals surface area contributed by atoms with Crippen LogP contribution in [0.15, 0.2) is 0 Å². The summed E-state index contributed by atoms with van der Waals surface area (Å²) in [5, 5.41) is 8.86. The number of amides is 1. The number of aliphatic carboxylic acids is 1. The molecule has 0 bridgehead atoms. The number of carbonyl (C=O) groups excluding carboxylic acids is 1. The number of carboxylic acid groups (broad SMARTS) is 1. The SMILES string of the molecule is O=C(O)CC1CSCCN1C(=O)CC1CCC1. The average Bonchev–Trinajstić information content (AvgIpc) is 2.23. The summed E-state index contributed by atoms with van der Waals surface area (Å²) in [6, 6.07) is -0.0983. The van der Waals surface area contributed by atoms with Gasteiger partial charge in [-0.25, -0.2) is 0 Å². The molecule has 4 nitrogen and oxygen atoms in total. The fourth-order valence-electron chi connectivity index (χ4n) is 2.41. The van der Waals surface area contributed by atoms with Gasteiger partial charge < -0.3 is 10.0 Å². The third-order valence-corrected chi connectivity index (χ3v) is 4.74. The van der Waals surface area contributed by atoms with Gasteiger partial charge in [-0.3, -0.25) is 9.59 Å². The maximum absolute atomic E-state index is 12.1. The summed E-state index contributed by atoms with van der Waals surface area (Å²) in [5.41, 5.74) is 0. The van der Waals surface area contributed by atoms with E-state index in [0.29, 0.717) is 18.9 Å². The first-order valence-electron chi connectivity index (χ1n) is 6.26. The lowest BCUT2D eigenvalue weighted by Crippen LogP contribution is -2.47. The van der Waals surface area contributed by atoms with Gasteiger partial charge in [0.15, 0.2) is 0 Å². The van der Waals surface area contributed by atoms with Gasteiger partial charge >= 0.3 is 5.97 Å². The number of carboxylic acids is 1. The molecule has 1 atom stereocenters. The van der Waals surface area contributed by atoms with E-state index >= 15 is 0 Å². The van der Waals surface area contributed by atoms with Gasteiger partial charge in [-0.15, -0.1) is 0 Å². The third kappa shape index (κ3) is 3.37. The van der Waals surface area contributed by atoms with Gasteiger partial charge in [-0.2, -0.15) is 11.8 Å². The Labute approximate surface area is 106 Å². The molecular formula is C12H19NO3S. The molecule has 1 heterocycles. The minimum atomic E-state index is -0.807. The Balaban J connectivity index is 1.89. The lowest BCUT2D eigenvalue weighted by atomic mass is 9.82. The number of hydrogen-bond acceptors (Lipinski definition) is 3. The average molecular weight is 257 g/mol. The van der Waals surface area contributed by atoms with Crippen LogP contribution in [0.1, 0.15) is 32.1 Å². The van der Waals surface area contributed by atoms with Crippen molar-refractivity contribution in [3.63, 3.8) is 0 Å². The van der Waals surface area contributed by atoms with E-state index in [0.717, 1.165) is 24.3 Å². The third-order valence-electron chi connectivity index (χ3n) is 3.65. The first kappa shape index (κ1) is 12.7. The Bertz CT molecular complexity index is 304. The van der Waals surface area contributed by atoms with Gasteiger partial charge in [0.05, 0.1) is 12.5 Å². The summed E-state index contributed by atoms with van der Waals surface area (Å²) in [4.78, 5) is 24.7. The predicted molar refractivity (Wildman–Crippen MR) is 67.0 cm³/mol. The highest BCUT2D eigenvalue weighted by Gasteiger charge is 2.31. The molecule has 1 saturated heterocycles. The van der Waals surface area contributed by atoms with Crippen molar-refractivity contribution in [1.29, 1.82) is 0 Å². The summed E-state index contributed by atoms with van der Waals surface area (Å²) >= 11 is 1.75. The smallest absolute Gasteiger partial charge is 0.305 e. The van der Waals surface area contributed by atoms with E-state index in [2.05, 4.69) is 0 Å². The second-order valence-corrected chi connectivity index (χ2v) is 6.06. The van der Waals surface area contributed by atoms with Gasteiger partial charge in [0.2, 0.25) is 5.91 Å². The van der Waals surface area contributed by atoms with E-state index in [1.165, 1.54) is 6.42 Å². The minimum absolute atomic E-state index is 0.0867. The van der Waals surface area contributed by atoms with Crippen LogP contribution >= 0.6 is 11.8 Å². The monoisotopic (exact) mass is 257 g/mol. The quantitative estimate of drug-likeness (QED) is 0.831. The highest BCUT2D eigenvalue weighted by molar-refractivity contribution is 7.99. The van der Waals surface area contributed by atoms with E-state index < -0.39 is 5.97 Å². The van der Waals surface area contributed by atoms with Crippen molar-refractivity contribution >= 4 is 23.6 Å². The molecule has 2 rings (SSSR count). The van der Waals surface area contributed by atoms with Crippen molar-refractivity contribution in [3.8, 4) is 0 Å². The summed E-state index contributed by atoms with van der Waals surface area (Å²) in [6.07, 6.45) is 4.28. The van der Waals surface area contributed by atoms with Crippen LogP contribution < -0.4 is 0 Å². The highest BCUT2D eigenvalue weighted by Crippen LogP contribution is 2.31. The molecular weight excluding hydrogens is 238 g/mol. The second-order valence-electron chi connectivity index (χ2n) is 4.91. The Morgan fingerprint density at radius 1 is 1.29 bits per heavy atom. The van der Waals surface area contributed by atoms with Crippen molar-refractivity contribution in [2.24, 2.45) is 5.92 Å². The van der Waals surface area contributed by atoms with Crippen LogP contribution in [0.2, 0.25) is 0 Å². The fourth-order valence-corrected chi connectivity index (χ4v) is 3.48. The van der Waals surface area contributed by atoms with Crippen molar-refractivity contribution in [2.75, 3.05) is 18.1 Å².